The predicted octanol–water partition coefficient (Wildman–Crippen LogP) is 0.499. The van der Waals surface area contributed by atoms with E-state index in [1.165, 1.54) is 0 Å². The Bertz CT molecular complexity index is 74.9. The van der Waals surface area contributed by atoms with Crippen LogP contribution in [0.1, 0.15) is 6.42 Å². The van der Waals surface area contributed by atoms with Crippen LogP contribution in [-0.2, 0) is 4.74 Å². The largest absolute Gasteiger partial charge is 0.380 e. The normalized spacial score (nSPS) is 31.5. The third kappa shape index (κ3) is 1.20. The van der Waals surface area contributed by atoms with Gasteiger partial charge < -0.3 is 4.74 Å². The van der Waals surface area contributed by atoms with Crippen LogP contribution in [0.15, 0.2) is 0 Å². The Kier molecular flexibility index (Phi) is 1.86. The maximum atomic E-state index is 5.08. The first kappa shape index (κ1) is 6.05. The minimum absolute atomic E-state index is 0.375. The molecule has 0 amide bonds. The summed E-state index contributed by atoms with van der Waals surface area (Å²) in [6.07, 6.45) is 1.52. The van der Waals surface area contributed by atoms with Gasteiger partial charge in [0.05, 0.1) is 12.6 Å². The van der Waals surface area contributed by atoms with Crippen LogP contribution < -0.4 is 0 Å². The summed E-state index contributed by atoms with van der Waals surface area (Å²) < 4.78 is 5.08. The van der Waals surface area contributed by atoms with Crippen molar-refractivity contribution in [2.24, 2.45) is 0 Å². The van der Waals surface area contributed by atoms with Gasteiger partial charge in [-0.2, -0.15) is 0 Å². The molecule has 0 aromatic heterocycles. The molecule has 1 aliphatic rings. The van der Waals surface area contributed by atoms with Crippen molar-refractivity contribution in [3.63, 3.8) is 0 Å². The van der Waals surface area contributed by atoms with Crippen molar-refractivity contribution in [2.75, 3.05) is 20.7 Å². The second-order valence-electron chi connectivity index (χ2n) is 2.19. The quantitative estimate of drug-likeness (QED) is 0.492. The summed E-state index contributed by atoms with van der Waals surface area (Å²) in [7, 11) is 3.82. The predicted molar refractivity (Wildman–Crippen MR) is 32.3 cm³/mol. The number of likely N-dealkylation sites (N-methyl/N-ethyl adjacent to an activating group) is 1. The number of hydrogen-bond donors (Lipinski definition) is 0. The summed E-state index contributed by atoms with van der Waals surface area (Å²) in [4.78, 5) is 2.16. The zero-order valence-corrected chi connectivity index (χ0v) is 5.42. The fourth-order valence-electron chi connectivity index (χ4n) is 0.942. The smallest absolute Gasteiger partial charge is 0.0754 e. The summed E-state index contributed by atoms with van der Waals surface area (Å²) in [5.41, 5.74) is 0. The number of nitrogens with zero attached hydrogens (tertiary/aromatic N) is 1. The molecule has 1 rings (SSSR count). The number of rotatable bonds is 1. The van der Waals surface area contributed by atoms with Crippen molar-refractivity contribution in [3.8, 4) is 0 Å². The van der Waals surface area contributed by atoms with E-state index in [0.717, 1.165) is 13.0 Å². The highest BCUT2D eigenvalue weighted by Gasteiger charge is 2.18. The van der Waals surface area contributed by atoms with Gasteiger partial charge in [-0.3, -0.25) is 4.90 Å². The van der Waals surface area contributed by atoms with E-state index >= 15 is 0 Å². The molecule has 1 saturated heterocycles. The van der Waals surface area contributed by atoms with E-state index in [-0.39, 0.29) is 0 Å². The molecule has 1 atom stereocenters. The molecule has 1 fully saturated rings. The lowest BCUT2D eigenvalue weighted by molar-refractivity contribution is 0.132. The summed E-state index contributed by atoms with van der Waals surface area (Å²) in [6, 6.07) is 0. The summed E-state index contributed by atoms with van der Waals surface area (Å²) in [6.45, 7) is 3.25. The monoisotopic (exact) mass is 114 g/mol. The molecule has 1 unspecified atom stereocenters. The molecular weight excluding hydrogens is 102 g/mol. The highest BCUT2D eigenvalue weighted by atomic mass is 16.5. The van der Waals surface area contributed by atoms with Crippen LogP contribution in [0.5, 0.6) is 0 Å². The maximum Gasteiger partial charge on any atom is 0.0754 e. The molecule has 2 nitrogen and oxygen atoms in total. The summed E-state index contributed by atoms with van der Waals surface area (Å²) in [5, 5.41) is 0. The molecule has 2 heteroatoms. The summed E-state index contributed by atoms with van der Waals surface area (Å²) in [5.74, 6) is 0. The Morgan fingerprint density at radius 1 is 1.75 bits per heavy atom. The SMILES string of the molecule is COC1[CH]N(C)CC1. The average Bonchev–Trinajstić information content (AvgIpc) is 2.14. The fraction of sp³-hybridized carbons (Fsp3) is 0.833. The fourth-order valence-corrected chi connectivity index (χ4v) is 0.942. The van der Waals surface area contributed by atoms with Gasteiger partial charge in [0.25, 0.3) is 0 Å². The second-order valence-corrected chi connectivity index (χ2v) is 2.19. The van der Waals surface area contributed by atoms with Gasteiger partial charge in [0.2, 0.25) is 0 Å². The molecule has 0 spiro atoms. The van der Waals surface area contributed by atoms with Crippen molar-refractivity contribution in [2.45, 2.75) is 12.5 Å². The summed E-state index contributed by atoms with van der Waals surface area (Å²) >= 11 is 0. The van der Waals surface area contributed by atoms with Crippen molar-refractivity contribution in [1.29, 1.82) is 0 Å². The Morgan fingerprint density at radius 3 is 2.75 bits per heavy atom. The molecule has 0 saturated carbocycles. The van der Waals surface area contributed by atoms with Gasteiger partial charge in [0.15, 0.2) is 0 Å². The van der Waals surface area contributed by atoms with Gasteiger partial charge in [-0.05, 0) is 13.5 Å². The molecule has 8 heavy (non-hydrogen) atoms. The topological polar surface area (TPSA) is 12.5 Å². The lowest BCUT2D eigenvalue weighted by atomic mass is 10.3. The average molecular weight is 114 g/mol. The molecule has 0 aromatic rings. The van der Waals surface area contributed by atoms with E-state index in [0.29, 0.717) is 6.10 Å². The Labute approximate surface area is 50.4 Å². The van der Waals surface area contributed by atoms with Crippen molar-refractivity contribution < 1.29 is 4.74 Å². The van der Waals surface area contributed by atoms with Crippen LogP contribution in [0.25, 0.3) is 0 Å². The number of ether oxygens (including phenoxy) is 1. The molecule has 47 valence electrons. The molecule has 0 aliphatic carbocycles. The van der Waals surface area contributed by atoms with Crippen LogP contribution >= 0.6 is 0 Å². The minimum Gasteiger partial charge on any atom is -0.380 e. The number of hydrogen-bond acceptors (Lipinski definition) is 2. The molecule has 1 aliphatic heterocycles. The first-order valence-corrected chi connectivity index (χ1v) is 2.91. The van der Waals surface area contributed by atoms with Crippen LogP contribution in [0, 0.1) is 6.54 Å². The maximum absolute atomic E-state index is 5.08. The standard InChI is InChI=1S/C6H12NO/c1-7-4-3-6(5-7)8-2/h5-6H,3-4H2,1-2H3. The highest BCUT2D eigenvalue weighted by Crippen LogP contribution is 2.12. The number of likely N-dealkylation sites (tertiary alicyclic amines) is 1. The Balaban J connectivity index is 2.22. The Hall–Kier alpha value is -0.0800. The van der Waals surface area contributed by atoms with Crippen molar-refractivity contribution in [3.05, 3.63) is 6.54 Å². The molecule has 0 N–H and O–H groups in total. The van der Waals surface area contributed by atoms with Gasteiger partial charge in [-0.1, -0.05) is 0 Å². The molecule has 1 radical (unpaired) electrons. The van der Waals surface area contributed by atoms with E-state index in [1.807, 2.05) is 0 Å². The number of methoxy groups -OCH3 is 1. The zero-order valence-electron chi connectivity index (χ0n) is 5.42. The van der Waals surface area contributed by atoms with Crippen molar-refractivity contribution >= 4 is 0 Å². The molecular formula is C6H12NO. The van der Waals surface area contributed by atoms with Crippen LogP contribution in [0.2, 0.25) is 0 Å². The first-order chi connectivity index (χ1) is 3.83. The van der Waals surface area contributed by atoms with E-state index in [1.54, 1.807) is 7.11 Å². The van der Waals surface area contributed by atoms with E-state index in [4.69, 9.17) is 4.74 Å². The second kappa shape index (κ2) is 2.46. The van der Waals surface area contributed by atoms with Gasteiger partial charge in [0.1, 0.15) is 0 Å². The van der Waals surface area contributed by atoms with Crippen LogP contribution in [0.3, 0.4) is 0 Å². The van der Waals surface area contributed by atoms with Gasteiger partial charge >= 0.3 is 0 Å². The lowest BCUT2D eigenvalue weighted by Crippen LogP contribution is -2.10. The third-order valence-corrected chi connectivity index (χ3v) is 1.49. The van der Waals surface area contributed by atoms with E-state index < -0.39 is 0 Å². The van der Waals surface area contributed by atoms with E-state index in [9.17, 15) is 0 Å². The molecule has 0 bridgehead atoms. The molecule has 1 heterocycles. The van der Waals surface area contributed by atoms with Gasteiger partial charge in [-0.25, -0.2) is 0 Å². The minimum atomic E-state index is 0.375. The molecule has 0 aromatic carbocycles. The lowest BCUT2D eigenvalue weighted by Gasteiger charge is -2.05. The van der Waals surface area contributed by atoms with Crippen molar-refractivity contribution in [1.82, 2.24) is 4.90 Å². The van der Waals surface area contributed by atoms with Gasteiger partial charge in [-0.15, -0.1) is 0 Å². The third-order valence-electron chi connectivity index (χ3n) is 1.49. The Morgan fingerprint density at radius 2 is 2.50 bits per heavy atom. The van der Waals surface area contributed by atoms with Crippen LogP contribution in [0.4, 0.5) is 0 Å². The van der Waals surface area contributed by atoms with Crippen LogP contribution in [-0.4, -0.2) is 31.7 Å². The van der Waals surface area contributed by atoms with Gasteiger partial charge in [0, 0.05) is 13.7 Å². The zero-order chi connectivity index (χ0) is 5.98. The highest BCUT2D eigenvalue weighted by molar-refractivity contribution is 4.83. The first-order valence-electron chi connectivity index (χ1n) is 2.91. The van der Waals surface area contributed by atoms with E-state index in [2.05, 4.69) is 18.5 Å².